The van der Waals surface area contributed by atoms with Crippen LogP contribution in [0.15, 0.2) is 41.1 Å². The number of para-hydroxylation sites is 1. The lowest BCUT2D eigenvalue weighted by Gasteiger charge is -2.36. The van der Waals surface area contributed by atoms with E-state index in [9.17, 15) is 0 Å². The van der Waals surface area contributed by atoms with Crippen molar-refractivity contribution in [3.05, 3.63) is 41.1 Å². The Balaban J connectivity index is 1.68. The Kier molecular flexibility index (Phi) is 4.65. The largest absolute Gasteiger partial charge is 0.381 e. The highest BCUT2D eigenvalue weighted by molar-refractivity contribution is 7.08. The van der Waals surface area contributed by atoms with Gasteiger partial charge >= 0.3 is 0 Å². The summed E-state index contributed by atoms with van der Waals surface area (Å²) in [6, 6.07) is 10.2. The van der Waals surface area contributed by atoms with E-state index in [4.69, 9.17) is 19.4 Å². The molecule has 4 rings (SSSR count). The smallest absolute Gasteiger partial charge is 0.162 e. The topological polar surface area (TPSA) is 56.3 Å². The van der Waals surface area contributed by atoms with Gasteiger partial charge in [-0.2, -0.15) is 11.3 Å². The molecule has 3 heterocycles. The van der Waals surface area contributed by atoms with E-state index in [1.807, 2.05) is 29.6 Å². The van der Waals surface area contributed by atoms with Gasteiger partial charge < -0.3 is 14.8 Å². The van der Waals surface area contributed by atoms with Crippen LogP contribution in [-0.2, 0) is 9.47 Å². The van der Waals surface area contributed by atoms with Crippen molar-refractivity contribution in [1.29, 1.82) is 0 Å². The second-order valence-electron chi connectivity index (χ2n) is 6.28. The van der Waals surface area contributed by atoms with Gasteiger partial charge in [-0.25, -0.2) is 9.97 Å². The maximum Gasteiger partial charge on any atom is 0.162 e. The van der Waals surface area contributed by atoms with Crippen LogP contribution in [0.5, 0.6) is 0 Å². The molecule has 1 aliphatic rings. The zero-order chi connectivity index (χ0) is 17.1. The number of nitrogens with zero attached hydrogens (tertiary/aromatic N) is 2. The van der Waals surface area contributed by atoms with Gasteiger partial charge in [0, 0.05) is 56.0 Å². The molecule has 0 radical (unpaired) electrons. The van der Waals surface area contributed by atoms with Crippen LogP contribution in [-0.4, -0.2) is 42.4 Å². The molecule has 0 amide bonds. The Morgan fingerprint density at radius 3 is 2.80 bits per heavy atom. The molecule has 3 aromatic rings. The zero-order valence-electron chi connectivity index (χ0n) is 14.2. The predicted octanol–water partition coefficient (Wildman–Crippen LogP) is 3.97. The molecule has 1 N–H and O–H groups in total. The fraction of sp³-hybridized carbons (Fsp3) is 0.368. The van der Waals surface area contributed by atoms with E-state index in [-0.39, 0.29) is 5.60 Å². The number of nitrogens with one attached hydrogen (secondary N) is 1. The Morgan fingerprint density at radius 1 is 1.20 bits per heavy atom. The third kappa shape index (κ3) is 3.38. The molecule has 2 aromatic heterocycles. The predicted molar refractivity (Wildman–Crippen MR) is 101 cm³/mol. The second kappa shape index (κ2) is 7.07. The summed E-state index contributed by atoms with van der Waals surface area (Å²) in [6.07, 6.45) is 1.77. The van der Waals surface area contributed by atoms with Crippen LogP contribution in [0.2, 0.25) is 0 Å². The number of hydrogen-bond acceptors (Lipinski definition) is 6. The minimum absolute atomic E-state index is 0.202. The first-order valence-corrected chi connectivity index (χ1v) is 9.40. The summed E-state index contributed by atoms with van der Waals surface area (Å²) < 4.78 is 11.3. The van der Waals surface area contributed by atoms with Crippen molar-refractivity contribution in [2.24, 2.45) is 0 Å². The van der Waals surface area contributed by atoms with E-state index in [0.717, 1.165) is 54.2 Å². The van der Waals surface area contributed by atoms with Gasteiger partial charge in [0.25, 0.3) is 0 Å². The SMILES string of the molecule is COC1(CNc2nc(-c3ccsc3)nc3ccccc23)CCOCC1. The highest BCUT2D eigenvalue weighted by Crippen LogP contribution is 2.29. The first-order chi connectivity index (χ1) is 12.3. The minimum atomic E-state index is -0.202. The van der Waals surface area contributed by atoms with Crippen LogP contribution in [0.4, 0.5) is 5.82 Å². The Morgan fingerprint density at radius 2 is 2.04 bits per heavy atom. The first kappa shape index (κ1) is 16.4. The van der Waals surface area contributed by atoms with Crippen LogP contribution in [0, 0.1) is 0 Å². The molecule has 25 heavy (non-hydrogen) atoms. The van der Waals surface area contributed by atoms with Gasteiger partial charge in [-0.15, -0.1) is 0 Å². The van der Waals surface area contributed by atoms with Crippen LogP contribution in [0.1, 0.15) is 12.8 Å². The van der Waals surface area contributed by atoms with Gasteiger partial charge in [0.1, 0.15) is 5.82 Å². The quantitative estimate of drug-likeness (QED) is 0.751. The fourth-order valence-electron chi connectivity index (χ4n) is 3.17. The van der Waals surface area contributed by atoms with E-state index in [0.29, 0.717) is 6.54 Å². The van der Waals surface area contributed by atoms with Gasteiger partial charge in [0.15, 0.2) is 5.82 Å². The third-order valence-corrected chi connectivity index (χ3v) is 5.48. The van der Waals surface area contributed by atoms with Gasteiger partial charge in [-0.05, 0) is 23.6 Å². The zero-order valence-corrected chi connectivity index (χ0v) is 15.0. The average molecular weight is 355 g/mol. The van der Waals surface area contributed by atoms with Crippen molar-refractivity contribution in [3.8, 4) is 11.4 Å². The molecule has 0 unspecified atom stereocenters. The van der Waals surface area contributed by atoms with Crippen molar-refractivity contribution in [2.75, 3.05) is 32.2 Å². The Hall–Kier alpha value is -2.02. The molecular formula is C19H21N3O2S. The average Bonchev–Trinajstić information content (AvgIpc) is 3.21. The van der Waals surface area contributed by atoms with Crippen LogP contribution in [0.25, 0.3) is 22.3 Å². The fourth-order valence-corrected chi connectivity index (χ4v) is 3.81. The highest BCUT2D eigenvalue weighted by atomic mass is 32.1. The summed E-state index contributed by atoms with van der Waals surface area (Å²) >= 11 is 1.65. The molecule has 1 aliphatic heterocycles. The van der Waals surface area contributed by atoms with Gasteiger partial charge in [0.05, 0.1) is 11.1 Å². The molecule has 0 spiro atoms. The number of thiophene rings is 1. The molecule has 1 aromatic carbocycles. The summed E-state index contributed by atoms with van der Waals surface area (Å²) in [6.45, 7) is 2.18. The van der Waals surface area contributed by atoms with Gasteiger partial charge in [-0.1, -0.05) is 12.1 Å². The maximum atomic E-state index is 5.83. The summed E-state index contributed by atoms with van der Waals surface area (Å²) in [5.41, 5.74) is 1.79. The molecule has 5 nitrogen and oxygen atoms in total. The minimum Gasteiger partial charge on any atom is -0.381 e. The lowest BCUT2D eigenvalue weighted by molar-refractivity contribution is -0.0807. The van der Waals surface area contributed by atoms with Crippen molar-refractivity contribution in [1.82, 2.24) is 9.97 Å². The van der Waals surface area contributed by atoms with Crippen molar-refractivity contribution in [2.45, 2.75) is 18.4 Å². The number of anilines is 1. The normalized spacial score (nSPS) is 16.8. The Bertz CT molecular complexity index is 845. The van der Waals surface area contributed by atoms with Gasteiger partial charge in [-0.3, -0.25) is 0 Å². The van der Waals surface area contributed by atoms with Crippen LogP contribution in [0.3, 0.4) is 0 Å². The number of methoxy groups -OCH3 is 1. The van der Waals surface area contributed by atoms with Crippen LogP contribution >= 0.6 is 11.3 Å². The van der Waals surface area contributed by atoms with Crippen molar-refractivity contribution >= 4 is 28.1 Å². The third-order valence-electron chi connectivity index (χ3n) is 4.80. The number of fused-ring (bicyclic) bond motifs is 1. The van der Waals surface area contributed by atoms with E-state index in [2.05, 4.69) is 16.8 Å². The maximum absolute atomic E-state index is 5.83. The number of rotatable bonds is 5. The lowest BCUT2D eigenvalue weighted by Crippen LogP contribution is -2.44. The monoisotopic (exact) mass is 355 g/mol. The number of ether oxygens (including phenoxy) is 2. The van der Waals surface area contributed by atoms with E-state index in [1.54, 1.807) is 18.4 Å². The first-order valence-electron chi connectivity index (χ1n) is 8.46. The molecule has 130 valence electrons. The van der Waals surface area contributed by atoms with Gasteiger partial charge in [0.2, 0.25) is 0 Å². The highest BCUT2D eigenvalue weighted by Gasteiger charge is 2.32. The molecule has 0 bridgehead atoms. The van der Waals surface area contributed by atoms with Crippen LogP contribution < -0.4 is 5.32 Å². The standard InChI is InChI=1S/C19H21N3O2S/c1-23-19(7-9-24-10-8-19)13-20-18-15-4-2-3-5-16(15)21-17(22-18)14-6-11-25-12-14/h2-6,11-12H,7-10,13H2,1H3,(H,20,21,22). The van der Waals surface area contributed by atoms with E-state index in [1.165, 1.54) is 0 Å². The van der Waals surface area contributed by atoms with E-state index < -0.39 is 0 Å². The summed E-state index contributed by atoms with van der Waals surface area (Å²) in [5.74, 6) is 1.61. The Labute approximate surface area is 151 Å². The second-order valence-corrected chi connectivity index (χ2v) is 7.06. The summed E-state index contributed by atoms with van der Waals surface area (Å²) in [5, 5.41) is 8.67. The summed E-state index contributed by atoms with van der Waals surface area (Å²) in [4.78, 5) is 9.51. The van der Waals surface area contributed by atoms with Crippen molar-refractivity contribution in [3.63, 3.8) is 0 Å². The lowest BCUT2D eigenvalue weighted by atomic mass is 9.94. The molecule has 1 fully saturated rings. The molecule has 0 aliphatic carbocycles. The molecule has 1 saturated heterocycles. The molecule has 0 saturated carbocycles. The summed E-state index contributed by atoms with van der Waals surface area (Å²) in [7, 11) is 1.78. The van der Waals surface area contributed by atoms with E-state index >= 15 is 0 Å². The van der Waals surface area contributed by atoms with Crippen molar-refractivity contribution < 1.29 is 9.47 Å². The molecule has 6 heteroatoms. The number of benzene rings is 1. The molecule has 0 atom stereocenters. The molecular weight excluding hydrogens is 334 g/mol. The number of aromatic nitrogens is 2. The number of hydrogen-bond donors (Lipinski definition) is 1.